The molecule has 1 aliphatic heterocycles. The molecule has 1 amide bonds. The van der Waals surface area contributed by atoms with Crippen LogP contribution in [0.1, 0.15) is 56.5 Å². The maximum Gasteiger partial charge on any atom is 0.410 e. The number of ether oxygens (including phenoxy) is 1. The lowest BCUT2D eigenvalue weighted by molar-refractivity contribution is 0.0195. The molecule has 1 unspecified atom stereocenters. The summed E-state index contributed by atoms with van der Waals surface area (Å²) >= 11 is 7.83. The van der Waals surface area contributed by atoms with Crippen molar-refractivity contribution in [2.45, 2.75) is 64.1 Å². The second-order valence-corrected chi connectivity index (χ2v) is 9.20. The predicted molar refractivity (Wildman–Crippen MR) is 94.4 cm³/mol. The van der Waals surface area contributed by atoms with Crippen LogP contribution in [0.3, 0.4) is 0 Å². The zero-order chi connectivity index (χ0) is 16.6. The van der Waals surface area contributed by atoms with Crippen LogP contribution in [0.5, 0.6) is 0 Å². The summed E-state index contributed by atoms with van der Waals surface area (Å²) < 4.78 is 6.34. The highest BCUT2D eigenvalue weighted by molar-refractivity contribution is 7.16. The van der Waals surface area contributed by atoms with Gasteiger partial charge in [-0.25, -0.2) is 4.79 Å². The first-order valence-electron chi connectivity index (χ1n) is 8.34. The molecule has 0 aromatic carbocycles. The van der Waals surface area contributed by atoms with Crippen molar-refractivity contribution in [2.75, 3.05) is 13.1 Å². The molecule has 1 aromatic rings. The molecule has 2 heterocycles. The van der Waals surface area contributed by atoms with E-state index in [1.807, 2.05) is 25.7 Å². The van der Waals surface area contributed by atoms with Gasteiger partial charge in [-0.05, 0) is 58.1 Å². The third kappa shape index (κ3) is 4.20. The second-order valence-electron chi connectivity index (χ2n) is 7.43. The van der Waals surface area contributed by atoms with Crippen molar-refractivity contribution in [1.29, 1.82) is 0 Å². The molecular weight excluding hydrogens is 332 g/mol. The molecule has 1 aliphatic carbocycles. The summed E-state index contributed by atoms with van der Waals surface area (Å²) in [5, 5.41) is 3.76. The van der Waals surface area contributed by atoms with Gasteiger partial charge in [-0.2, -0.15) is 0 Å². The third-order valence-electron chi connectivity index (χ3n) is 4.43. The summed E-state index contributed by atoms with van der Waals surface area (Å²) in [6, 6.07) is 3.00. The number of carbonyl (C=O) groups is 1. The van der Waals surface area contributed by atoms with Gasteiger partial charge in [0.05, 0.1) is 4.34 Å². The van der Waals surface area contributed by atoms with Crippen LogP contribution in [0.2, 0.25) is 4.34 Å². The van der Waals surface area contributed by atoms with Crippen molar-refractivity contribution in [3.8, 4) is 0 Å². The van der Waals surface area contributed by atoms with Gasteiger partial charge in [-0.3, -0.25) is 0 Å². The van der Waals surface area contributed by atoms with Gasteiger partial charge in [0.25, 0.3) is 0 Å². The number of hydrogen-bond donors (Lipinski definition) is 1. The first-order valence-corrected chi connectivity index (χ1v) is 9.53. The van der Waals surface area contributed by atoms with E-state index in [0.29, 0.717) is 12.1 Å². The number of carbonyl (C=O) groups excluding carboxylic acids is 1. The van der Waals surface area contributed by atoms with Crippen LogP contribution in [-0.4, -0.2) is 35.7 Å². The Morgan fingerprint density at radius 2 is 2.04 bits per heavy atom. The van der Waals surface area contributed by atoms with E-state index in [9.17, 15) is 4.79 Å². The Bertz CT molecular complexity index is 574. The molecule has 4 nitrogen and oxygen atoms in total. The fourth-order valence-corrected chi connectivity index (χ4v) is 4.70. The number of fused-ring (bicyclic) bond motifs is 1. The first kappa shape index (κ1) is 17.1. The fraction of sp³-hybridized carbons (Fsp3) is 0.706. The third-order valence-corrected chi connectivity index (χ3v) is 5.77. The maximum absolute atomic E-state index is 12.1. The Morgan fingerprint density at radius 1 is 1.35 bits per heavy atom. The molecule has 1 N–H and O–H groups in total. The van der Waals surface area contributed by atoms with Crippen molar-refractivity contribution >= 4 is 29.0 Å². The van der Waals surface area contributed by atoms with Gasteiger partial charge in [0, 0.05) is 30.1 Å². The number of amides is 1. The van der Waals surface area contributed by atoms with Crippen molar-refractivity contribution in [1.82, 2.24) is 10.2 Å². The lowest BCUT2D eigenvalue weighted by Gasteiger charge is -2.35. The number of piperidine rings is 1. The first-order chi connectivity index (χ1) is 10.8. The molecule has 0 bridgehead atoms. The number of likely N-dealkylation sites (tertiary alicyclic amines) is 1. The number of thiophene rings is 1. The number of nitrogens with one attached hydrogen (secondary N) is 1. The van der Waals surface area contributed by atoms with E-state index in [2.05, 4.69) is 11.4 Å². The summed E-state index contributed by atoms with van der Waals surface area (Å²) in [5.74, 6) is 0. The molecule has 128 valence electrons. The fourth-order valence-electron chi connectivity index (χ4n) is 3.34. The number of halogens is 1. The summed E-state index contributed by atoms with van der Waals surface area (Å²) in [4.78, 5) is 15.4. The van der Waals surface area contributed by atoms with E-state index in [1.165, 1.54) is 10.4 Å². The highest BCUT2D eigenvalue weighted by Gasteiger charge is 2.30. The Balaban J connectivity index is 1.49. The van der Waals surface area contributed by atoms with E-state index in [4.69, 9.17) is 16.3 Å². The molecular formula is C17H25ClN2O2S. The Hall–Kier alpha value is -0.780. The minimum absolute atomic E-state index is 0.191. The lowest BCUT2D eigenvalue weighted by Crippen LogP contribution is -2.47. The Morgan fingerprint density at radius 3 is 2.70 bits per heavy atom. The van der Waals surface area contributed by atoms with Gasteiger partial charge in [0.15, 0.2) is 0 Å². The molecule has 3 rings (SSSR count). The van der Waals surface area contributed by atoms with Crippen LogP contribution in [0, 0.1) is 0 Å². The van der Waals surface area contributed by atoms with E-state index in [0.717, 1.165) is 43.1 Å². The van der Waals surface area contributed by atoms with Gasteiger partial charge in [0.1, 0.15) is 5.60 Å². The molecule has 23 heavy (non-hydrogen) atoms. The molecule has 0 spiro atoms. The van der Waals surface area contributed by atoms with Gasteiger partial charge in [-0.1, -0.05) is 11.6 Å². The maximum atomic E-state index is 12.1. The molecule has 1 atom stereocenters. The van der Waals surface area contributed by atoms with Crippen LogP contribution in [0.4, 0.5) is 4.79 Å². The predicted octanol–water partition coefficient (Wildman–Crippen LogP) is 4.38. The summed E-state index contributed by atoms with van der Waals surface area (Å²) in [7, 11) is 0. The number of hydrogen-bond acceptors (Lipinski definition) is 4. The van der Waals surface area contributed by atoms with Crippen LogP contribution in [0.15, 0.2) is 6.07 Å². The van der Waals surface area contributed by atoms with Gasteiger partial charge < -0.3 is 15.0 Å². The van der Waals surface area contributed by atoms with Gasteiger partial charge in [0.2, 0.25) is 0 Å². The van der Waals surface area contributed by atoms with Crippen LogP contribution < -0.4 is 5.32 Å². The zero-order valence-electron chi connectivity index (χ0n) is 14.0. The minimum Gasteiger partial charge on any atom is -0.444 e. The van der Waals surface area contributed by atoms with Crippen LogP contribution in [0.25, 0.3) is 0 Å². The summed E-state index contributed by atoms with van der Waals surface area (Å²) in [5.41, 5.74) is 0.958. The largest absolute Gasteiger partial charge is 0.444 e. The summed E-state index contributed by atoms with van der Waals surface area (Å²) in [6.07, 6.45) is 4.04. The number of aryl methyl sites for hydroxylation is 1. The number of nitrogens with zero attached hydrogens (tertiary/aromatic N) is 1. The highest BCUT2D eigenvalue weighted by Crippen LogP contribution is 2.39. The topological polar surface area (TPSA) is 41.6 Å². The van der Waals surface area contributed by atoms with E-state index in [1.54, 1.807) is 11.3 Å². The Kier molecular flexibility index (Phi) is 4.90. The normalized spacial score (nSPS) is 22.3. The monoisotopic (exact) mass is 356 g/mol. The molecule has 2 aliphatic rings. The van der Waals surface area contributed by atoms with E-state index >= 15 is 0 Å². The van der Waals surface area contributed by atoms with Crippen molar-refractivity contribution in [3.63, 3.8) is 0 Å². The van der Waals surface area contributed by atoms with Gasteiger partial charge in [-0.15, -0.1) is 11.3 Å². The van der Waals surface area contributed by atoms with Crippen molar-refractivity contribution in [2.24, 2.45) is 0 Å². The van der Waals surface area contributed by atoms with Crippen LogP contribution >= 0.6 is 22.9 Å². The lowest BCUT2D eigenvalue weighted by atomic mass is 10.0. The molecule has 1 saturated heterocycles. The second kappa shape index (κ2) is 6.61. The average molecular weight is 357 g/mol. The highest BCUT2D eigenvalue weighted by atomic mass is 35.5. The molecule has 0 radical (unpaired) electrons. The molecule has 0 saturated carbocycles. The molecule has 1 aromatic heterocycles. The zero-order valence-corrected chi connectivity index (χ0v) is 15.6. The van der Waals surface area contributed by atoms with E-state index < -0.39 is 5.60 Å². The van der Waals surface area contributed by atoms with E-state index in [-0.39, 0.29) is 6.09 Å². The Labute approximate surface area is 147 Å². The standard InChI is InChI=1S/C17H25ClN2O2S/c1-17(2,3)22-16(21)20-8-6-11(7-9-20)19-13-4-5-14-12(13)10-15(18)23-14/h10-11,13,19H,4-9H2,1-3H3. The summed E-state index contributed by atoms with van der Waals surface area (Å²) in [6.45, 7) is 7.24. The minimum atomic E-state index is -0.426. The SMILES string of the molecule is CC(C)(C)OC(=O)N1CCC(NC2CCc3sc(Cl)cc32)CC1. The van der Waals surface area contributed by atoms with Gasteiger partial charge >= 0.3 is 6.09 Å². The quantitative estimate of drug-likeness (QED) is 0.855. The molecule has 1 fully saturated rings. The molecule has 6 heteroatoms. The number of rotatable bonds is 2. The smallest absolute Gasteiger partial charge is 0.410 e. The van der Waals surface area contributed by atoms with Crippen molar-refractivity contribution < 1.29 is 9.53 Å². The van der Waals surface area contributed by atoms with Crippen molar-refractivity contribution in [3.05, 3.63) is 20.8 Å². The average Bonchev–Trinajstić information content (AvgIpc) is 2.98. The van der Waals surface area contributed by atoms with Crippen LogP contribution in [-0.2, 0) is 11.2 Å².